The zero-order valence-corrected chi connectivity index (χ0v) is 21.2. The van der Waals surface area contributed by atoms with Gasteiger partial charge in [-0.2, -0.15) is 5.26 Å². The molecule has 0 saturated heterocycles. The fourth-order valence-electron chi connectivity index (χ4n) is 4.19. The van der Waals surface area contributed by atoms with E-state index >= 15 is 0 Å². The van der Waals surface area contributed by atoms with Gasteiger partial charge < -0.3 is 20.1 Å². The number of hydrogen-bond acceptors (Lipinski definition) is 7. The number of amides is 1. The minimum absolute atomic E-state index is 0.000461. The molecule has 4 aromatic rings. The summed E-state index contributed by atoms with van der Waals surface area (Å²) in [5.74, 6) is 0.285. The molecule has 0 aliphatic carbocycles. The number of anilines is 1. The van der Waals surface area contributed by atoms with Gasteiger partial charge in [-0.05, 0) is 65.2 Å². The quantitative estimate of drug-likeness (QED) is 0.209. The van der Waals surface area contributed by atoms with Gasteiger partial charge in [0.05, 0.1) is 23.7 Å². The molecule has 2 N–H and O–H groups in total. The number of non-ortho nitro benzene ring substituents is 1. The van der Waals surface area contributed by atoms with Crippen molar-refractivity contribution in [1.29, 1.82) is 5.26 Å². The Bertz CT molecular complexity index is 1480. The summed E-state index contributed by atoms with van der Waals surface area (Å²) >= 11 is 0. The van der Waals surface area contributed by atoms with Gasteiger partial charge in [0.2, 0.25) is 5.91 Å². The van der Waals surface area contributed by atoms with Crippen LogP contribution in [0.25, 0.3) is 0 Å². The molecule has 39 heavy (non-hydrogen) atoms. The molecule has 0 spiro atoms. The average molecular weight is 523 g/mol. The molecule has 0 aliphatic heterocycles. The summed E-state index contributed by atoms with van der Waals surface area (Å²) < 4.78 is 11.5. The van der Waals surface area contributed by atoms with Crippen LogP contribution in [-0.4, -0.2) is 17.9 Å². The van der Waals surface area contributed by atoms with E-state index in [4.69, 9.17) is 15.2 Å². The van der Waals surface area contributed by atoms with Gasteiger partial charge in [-0.25, -0.2) is 0 Å². The molecule has 0 aromatic heterocycles. The average Bonchev–Trinajstić information content (AvgIpc) is 2.96. The van der Waals surface area contributed by atoms with E-state index in [0.717, 1.165) is 16.8 Å². The highest BCUT2D eigenvalue weighted by molar-refractivity contribution is 5.85. The Kier molecular flexibility index (Phi) is 8.39. The van der Waals surface area contributed by atoms with Crippen molar-refractivity contribution >= 4 is 17.3 Å². The Morgan fingerprint density at radius 2 is 1.67 bits per heavy atom. The van der Waals surface area contributed by atoms with Gasteiger partial charge in [0.25, 0.3) is 5.69 Å². The molecular formula is C30H26N4O5. The fourth-order valence-corrected chi connectivity index (χ4v) is 4.19. The normalized spacial score (nSPS) is 11.2. The number of carbonyl (C=O) groups excluding carboxylic acids is 1. The lowest BCUT2D eigenvalue weighted by Gasteiger charge is -2.32. The molecule has 1 unspecified atom stereocenters. The maximum absolute atomic E-state index is 12.9. The van der Waals surface area contributed by atoms with Gasteiger partial charge >= 0.3 is 0 Å². The fraction of sp³-hybridized carbons (Fsp3) is 0.133. The first-order valence-corrected chi connectivity index (χ1v) is 12.0. The standard InChI is InChI=1S/C30H26N4O5/c1-38-28-17-24(11-16-27(28)39-20-23-9-14-26(15-10-23)34(36)37)29(30(32)35)33(19-22-5-3-2-4-6-22)25-12-7-21(18-31)8-13-25/h2-17,29H,19-20H2,1H3,(H2,32,35). The molecule has 0 aliphatic rings. The van der Waals surface area contributed by atoms with Crippen molar-refractivity contribution in [3.8, 4) is 17.6 Å². The molecule has 0 radical (unpaired) electrons. The molecule has 0 saturated carbocycles. The lowest BCUT2D eigenvalue weighted by molar-refractivity contribution is -0.384. The van der Waals surface area contributed by atoms with Crippen LogP contribution in [0.2, 0.25) is 0 Å². The first kappa shape index (κ1) is 26.7. The smallest absolute Gasteiger partial charge is 0.269 e. The van der Waals surface area contributed by atoms with Crippen LogP contribution in [0.3, 0.4) is 0 Å². The number of nitriles is 1. The third-order valence-corrected chi connectivity index (χ3v) is 6.15. The van der Waals surface area contributed by atoms with Crippen molar-refractivity contribution in [2.45, 2.75) is 19.2 Å². The molecule has 0 fully saturated rings. The van der Waals surface area contributed by atoms with E-state index in [9.17, 15) is 20.2 Å². The van der Waals surface area contributed by atoms with Crippen LogP contribution in [0.5, 0.6) is 11.5 Å². The van der Waals surface area contributed by atoms with E-state index in [1.54, 1.807) is 54.6 Å². The number of rotatable bonds is 11. The summed E-state index contributed by atoms with van der Waals surface area (Å²) in [7, 11) is 1.50. The third kappa shape index (κ3) is 6.50. The number of nitrogens with zero attached hydrogens (tertiary/aromatic N) is 3. The summed E-state index contributed by atoms with van der Waals surface area (Å²) in [5, 5.41) is 20.1. The van der Waals surface area contributed by atoms with Gasteiger partial charge in [0.15, 0.2) is 11.5 Å². The van der Waals surface area contributed by atoms with Gasteiger partial charge in [0, 0.05) is 24.4 Å². The van der Waals surface area contributed by atoms with Gasteiger partial charge in [0.1, 0.15) is 12.6 Å². The highest BCUT2D eigenvalue weighted by atomic mass is 16.6. The van der Waals surface area contributed by atoms with Crippen molar-refractivity contribution < 1.29 is 19.2 Å². The van der Waals surface area contributed by atoms with E-state index in [1.165, 1.54) is 19.2 Å². The van der Waals surface area contributed by atoms with Crippen molar-refractivity contribution in [3.05, 3.63) is 129 Å². The van der Waals surface area contributed by atoms with E-state index in [-0.39, 0.29) is 12.3 Å². The van der Waals surface area contributed by atoms with Gasteiger partial charge in [-0.1, -0.05) is 36.4 Å². The number of nitrogens with two attached hydrogens (primary N) is 1. The Morgan fingerprint density at radius 3 is 2.26 bits per heavy atom. The maximum Gasteiger partial charge on any atom is 0.269 e. The van der Waals surface area contributed by atoms with E-state index < -0.39 is 16.9 Å². The zero-order valence-electron chi connectivity index (χ0n) is 21.2. The highest BCUT2D eigenvalue weighted by Crippen LogP contribution is 2.35. The number of benzene rings is 4. The van der Waals surface area contributed by atoms with Crippen molar-refractivity contribution in [2.75, 3.05) is 12.0 Å². The highest BCUT2D eigenvalue weighted by Gasteiger charge is 2.28. The number of hydrogen-bond donors (Lipinski definition) is 1. The monoisotopic (exact) mass is 522 g/mol. The Labute approximate surface area is 225 Å². The van der Waals surface area contributed by atoms with Crippen LogP contribution in [0.4, 0.5) is 11.4 Å². The second-order valence-electron chi connectivity index (χ2n) is 8.70. The summed E-state index contributed by atoms with van der Waals surface area (Å²) in [6.07, 6.45) is 0. The van der Waals surface area contributed by atoms with Crippen LogP contribution in [0.1, 0.15) is 28.3 Å². The molecule has 9 nitrogen and oxygen atoms in total. The van der Waals surface area contributed by atoms with Crippen LogP contribution in [-0.2, 0) is 17.9 Å². The van der Waals surface area contributed by atoms with Gasteiger partial charge in [-0.15, -0.1) is 0 Å². The minimum atomic E-state index is -0.851. The Balaban J connectivity index is 1.64. The summed E-state index contributed by atoms with van der Waals surface area (Å²) in [6.45, 7) is 0.555. The number of nitro groups is 1. The molecule has 1 amide bonds. The predicted octanol–water partition coefficient (Wildman–Crippen LogP) is 5.29. The maximum atomic E-state index is 12.9. The van der Waals surface area contributed by atoms with Crippen molar-refractivity contribution in [2.24, 2.45) is 5.73 Å². The molecule has 4 aromatic carbocycles. The SMILES string of the molecule is COc1cc(C(C(N)=O)N(Cc2ccccc2)c2ccc(C#N)cc2)ccc1OCc1ccc([N+](=O)[O-])cc1. The van der Waals surface area contributed by atoms with Crippen LogP contribution in [0, 0.1) is 21.4 Å². The second kappa shape index (κ2) is 12.3. The number of ether oxygens (including phenoxy) is 2. The molecule has 9 heteroatoms. The van der Waals surface area contributed by atoms with Crippen molar-refractivity contribution in [3.63, 3.8) is 0 Å². The van der Waals surface area contributed by atoms with E-state index in [2.05, 4.69) is 6.07 Å². The molecule has 4 rings (SSSR count). The van der Waals surface area contributed by atoms with Crippen LogP contribution < -0.4 is 20.1 Å². The number of carbonyl (C=O) groups is 1. The third-order valence-electron chi connectivity index (χ3n) is 6.15. The van der Waals surface area contributed by atoms with Gasteiger partial charge in [-0.3, -0.25) is 14.9 Å². The molecule has 0 bridgehead atoms. The van der Waals surface area contributed by atoms with E-state index in [1.807, 2.05) is 35.2 Å². The predicted molar refractivity (Wildman–Crippen MR) is 146 cm³/mol. The van der Waals surface area contributed by atoms with Crippen LogP contribution in [0.15, 0.2) is 97.1 Å². The first-order valence-electron chi connectivity index (χ1n) is 12.0. The molecule has 1 atom stereocenters. The lowest BCUT2D eigenvalue weighted by atomic mass is 10.0. The number of primary amides is 1. The number of methoxy groups -OCH3 is 1. The molecular weight excluding hydrogens is 496 g/mol. The Hall–Kier alpha value is -5.36. The van der Waals surface area contributed by atoms with Crippen LogP contribution >= 0.6 is 0 Å². The minimum Gasteiger partial charge on any atom is -0.493 e. The lowest BCUT2D eigenvalue weighted by Crippen LogP contribution is -2.37. The molecule has 196 valence electrons. The number of nitro benzene ring substituents is 1. The topological polar surface area (TPSA) is 132 Å². The Morgan fingerprint density at radius 1 is 0.974 bits per heavy atom. The summed E-state index contributed by atoms with van der Waals surface area (Å²) in [5.41, 5.74) is 9.51. The zero-order chi connectivity index (χ0) is 27.8. The summed E-state index contributed by atoms with van der Waals surface area (Å²) in [4.78, 5) is 25.2. The largest absolute Gasteiger partial charge is 0.493 e. The second-order valence-corrected chi connectivity index (χ2v) is 8.70. The molecule has 0 heterocycles. The first-order chi connectivity index (χ1) is 18.9. The van der Waals surface area contributed by atoms with E-state index in [0.29, 0.717) is 29.2 Å². The summed E-state index contributed by atoms with van der Waals surface area (Å²) in [6, 6.07) is 29.2. The van der Waals surface area contributed by atoms with Crippen molar-refractivity contribution in [1.82, 2.24) is 0 Å².